The fourth-order valence-corrected chi connectivity index (χ4v) is 5.95. The molecule has 6 rings (SSSR count). The van der Waals surface area contributed by atoms with Gasteiger partial charge in [0.05, 0.1) is 16.6 Å². The standard InChI is InChI=1S/C24H20N4O2S/c29-23-20-17-6-2-1-3-7-19(17)31-22(20)27-24(30)28(23)16-11-14-8-10-26-21(14)18(12-16)15-5-4-9-25-13-15/h4-5,8-13,26H,1-3,6-7H2,(H,27,30). The highest BCUT2D eigenvalue weighted by molar-refractivity contribution is 7.18. The van der Waals surface area contributed by atoms with Crippen molar-refractivity contribution in [1.29, 1.82) is 0 Å². The SMILES string of the molecule is O=c1[nH]c2sc3c(c2c(=O)n1-c1cc(-c2cccnc2)c2[nH]ccc2c1)CCCCC3. The van der Waals surface area contributed by atoms with Gasteiger partial charge in [-0.3, -0.25) is 14.8 Å². The van der Waals surface area contributed by atoms with Gasteiger partial charge in [0.2, 0.25) is 0 Å². The zero-order chi connectivity index (χ0) is 20.9. The molecule has 4 heterocycles. The van der Waals surface area contributed by atoms with Crippen molar-refractivity contribution in [2.45, 2.75) is 32.1 Å². The maximum atomic E-state index is 13.6. The first kappa shape index (κ1) is 18.3. The lowest BCUT2D eigenvalue weighted by molar-refractivity contribution is 0.713. The normalized spacial score (nSPS) is 14.1. The maximum absolute atomic E-state index is 13.6. The first-order valence-electron chi connectivity index (χ1n) is 10.5. The van der Waals surface area contributed by atoms with Crippen molar-refractivity contribution in [3.05, 3.63) is 80.2 Å². The number of thiophene rings is 1. The fraction of sp³-hybridized carbons (Fsp3) is 0.208. The smallest absolute Gasteiger partial charge is 0.334 e. The lowest BCUT2D eigenvalue weighted by Gasteiger charge is -2.10. The summed E-state index contributed by atoms with van der Waals surface area (Å²) in [5.41, 5.74) is 3.83. The summed E-state index contributed by atoms with van der Waals surface area (Å²) >= 11 is 1.57. The van der Waals surface area contributed by atoms with Crippen LogP contribution in [0.15, 0.2) is 58.5 Å². The van der Waals surface area contributed by atoms with E-state index in [0.29, 0.717) is 15.9 Å². The fourth-order valence-electron chi connectivity index (χ4n) is 4.68. The molecule has 4 aromatic heterocycles. The van der Waals surface area contributed by atoms with Gasteiger partial charge in [-0.15, -0.1) is 11.3 Å². The minimum absolute atomic E-state index is 0.231. The van der Waals surface area contributed by atoms with Crippen LogP contribution < -0.4 is 11.2 Å². The molecule has 0 fully saturated rings. The second-order valence-corrected chi connectivity index (χ2v) is 9.12. The molecule has 0 bridgehead atoms. The lowest BCUT2D eigenvalue weighted by atomic mass is 10.0. The molecule has 1 aliphatic rings. The molecule has 0 saturated carbocycles. The Balaban J connectivity index is 1.65. The van der Waals surface area contributed by atoms with Crippen LogP contribution in [0.2, 0.25) is 0 Å². The maximum Gasteiger partial charge on any atom is 0.334 e. The third kappa shape index (κ3) is 2.88. The Kier molecular flexibility index (Phi) is 4.17. The number of fused-ring (bicyclic) bond motifs is 4. The molecular weight excluding hydrogens is 408 g/mol. The Bertz CT molecular complexity index is 1560. The number of benzene rings is 1. The minimum atomic E-state index is -0.402. The highest BCUT2D eigenvalue weighted by Crippen LogP contribution is 2.33. The van der Waals surface area contributed by atoms with Gasteiger partial charge in [-0.25, -0.2) is 9.36 Å². The van der Waals surface area contributed by atoms with E-state index in [1.165, 1.54) is 15.9 Å². The number of aromatic nitrogens is 4. The zero-order valence-corrected chi connectivity index (χ0v) is 17.6. The van der Waals surface area contributed by atoms with Crippen molar-refractivity contribution in [3.63, 3.8) is 0 Å². The number of aryl methyl sites for hydroxylation is 2. The molecule has 0 amide bonds. The van der Waals surface area contributed by atoms with E-state index in [0.717, 1.165) is 53.3 Å². The average molecular weight is 429 g/mol. The molecule has 6 nitrogen and oxygen atoms in total. The first-order chi connectivity index (χ1) is 15.2. The van der Waals surface area contributed by atoms with Crippen LogP contribution in [0.25, 0.3) is 37.9 Å². The van der Waals surface area contributed by atoms with Crippen LogP contribution in [0, 0.1) is 0 Å². The van der Waals surface area contributed by atoms with Crippen LogP contribution in [0.5, 0.6) is 0 Å². The molecule has 0 unspecified atom stereocenters. The number of hydrogen-bond donors (Lipinski definition) is 2. The van der Waals surface area contributed by atoms with Crippen LogP contribution in [0.3, 0.4) is 0 Å². The van der Waals surface area contributed by atoms with Crippen molar-refractivity contribution in [3.8, 4) is 16.8 Å². The third-order valence-corrected chi connectivity index (χ3v) is 7.34. The number of rotatable bonds is 2. The van der Waals surface area contributed by atoms with Gasteiger partial charge in [0.25, 0.3) is 5.56 Å². The summed E-state index contributed by atoms with van der Waals surface area (Å²) in [6.45, 7) is 0. The summed E-state index contributed by atoms with van der Waals surface area (Å²) < 4.78 is 1.28. The van der Waals surface area contributed by atoms with E-state index in [1.54, 1.807) is 23.7 Å². The third-order valence-electron chi connectivity index (χ3n) is 6.14. The van der Waals surface area contributed by atoms with Gasteiger partial charge in [-0.1, -0.05) is 12.5 Å². The topological polar surface area (TPSA) is 83.5 Å². The predicted molar refractivity (Wildman–Crippen MR) is 124 cm³/mol. The van der Waals surface area contributed by atoms with E-state index in [-0.39, 0.29) is 5.56 Å². The Morgan fingerprint density at radius 1 is 1.06 bits per heavy atom. The van der Waals surface area contributed by atoms with Gasteiger partial charge in [0, 0.05) is 40.0 Å². The molecule has 0 saturated heterocycles. The highest BCUT2D eigenvalue weighted by atomic mass is 32.1. The molecule has 0 radical (unpaired) electrons. The van der Waals surface area contributed by atoms with Crippen molar-refractivity contribution < 1.29 is 0 Å². The Morgan fingerprint density at radius 3 is 2.84 bits per heavy atom. The van der Waals surface area contributed by atoms with Crippen LogP contribution >= 0.6 is 11.3 Å². The minimum Gasteiger partial charge on any atom is -0.361 e. The van der Waals surface area contributed by atoms with Crippen LogP contribution in [0.1, 0.15) is 29.7 Å². The molecule has 1 aliphatic carbocycles. The molecule has 7 heteroatoms. The molecule has 0 atom stereocenters. The molecule has 154 valence electrons. The Hall–Kier alpha value is -3.45. The van der Waals surface area contributed by atoms with Crippen LogP contribution in [-0.4, -0.2) is 19.5 Å². The van der Waals surface area contributed by atoms with E-state index in [4.69, 9.17) is 0 Å². The molecule has 31 heavy (non-hydrogen) atoms. The van der Waals surface area contributed by atoms with Crippen molar-refractivity contribution in [2.75, 3.05) is 0 Å². The number of H-pyrrole nitrogens is 2. The molecule has 5 aromatic rings. The van der Waals surface area contributed by atoms with Gasteiger partial charge >= 0.3 is 5.69 Å². The summed E-state index contributed by atoms with van der Waals surface area (Å²) in [4.78, 5) is 39.1. The average Bonchev–Trinajstić information content (AvgIpc) is 3.31. The van der Waals surface area contributed by atoms with E-state index in [1.807, 2.05) is 36.5 Å². The van der Waals surface area contributed by atoms with E-state index < -0.39 is 5.69 Å². The second kappa shape index (κ2) is 7.06. The first-order valence-corrected chi connectivity index (χ1v) is 11.3. The van der Waals surface area contributed by atoms with Crippen LogP contribution in [0.4, 0.5) is 0 Å². The largest absolute Gasteiger partial charge is 0.361 e. The van der Waals surface area contributed by atoms with Crippen molar-refractivity contribution in [1.82, 2.24) is 19.5 Å². The summed E-state index contributed by atoms with van der Waals surface area (Å²) in [5, 5.41) is 1.62. The van der Waals surface area contributed by atoms with E-state index in [2.05, 4.69) is 15.0 Å². The monoisotopic (exact) mass is 428 g/mol. The quantitative estimate of drug-likeness (QED) is 0.405. The number of aromatic amines is 2. The summed E-state index contributed by atoms with van der Waals surface area (Å²) in [6.07, 6.45) is 10.7. The summed E-state index contributed by atoms with van der Waals surface area (Å²) in [6, 6.07) is 9.58. The van der Waals surface area contributed by atoms with Gasteiger partial charge in [-0.05, 0) is 55.5 Å². The molecule has 1 aromatic carbocycles. The van der Waals surface area contributed by atoms with Gasteiger partial charge < -0.3 is 4.98 Å². The number of pyridine rings is 1. The van der Waals surface area contributed by atoms with Crippen molar-refractivity contribution >= 4 is 32.5 Å². The Morgan fingerprint density at radius 2 is 1.97 bits per heavy atom. The summed E-state index contributed by atoms with van der Waals surface area (Å²) in [5.74, 6) is 0. The van der Waals surface area contributed by atoms with E-state index >= 15 is 0 Å². The summed E-state index contributed by atoms with van der Waals surface area (Å²) in [7, 11) is 0. The zero-order valence-electron chi connectivity index (χ0n) is 16.8. The van der Waals surface area contributed by atoms with Gasteiger partial charge in [-0.2, -0.15) is 0 Å². The second-order valence-electron chi connectivity index (χ2n) is 8.02. The highest BCUT2D eigenvalue weighted by Gasteiger charge is 2.21. The Labute approximate surface area is 181 Å². The lowest BCUT2D eigenvalue weighted by Crippen LogP contribution is -2.33. The molecule has 0 aliphatic heterocycles. The van der Waals surface area contributed by atoms with Crippen LogP contribution in [-0.2, 0) is 12.8 Å². The molecule has 2 N–H and O–H groups in total. The number of nitrogens with zero attached hydrogens (tertiary/aromatic N) is 2. The van der Waals surface area contributed by atoms with Gasteiger partial charge in [0.15, 0.2) is 0 Å². The molecular formula is C24H20N4O2S. The predicted octanol–water partition coefficient (Wildman–Crippen LogP) is 4.55. The van der Waals surface area contributed by atoms with E-state index in [9.17, 15) is 9.59 Å². The van der Waals surface area contributed by atoms with Crippen molar-refractivity contribution in [2.24, 2.45) is 0 Å². The molecule has 0 spiro atoms. The number of hydrogen-bond acceptors (Lipinski definition) is 4. The number of nitrogens with one attached hydrogen (secondary N) is 2. The van der Waals surface area contributed by atoms with Gasteiger partial charge in [0.1, 0.15) is 4.83 Å².